The zero-order valence-electron chi connectivity index (χ0n) is 8.89. The second-order valence-corrected chi connectivity index (χ2v) is 3.82. The van der Waals surface area contributed by atoms with Crippen molar-refractivity contribution in [3.63, 3.8) is 0 Å². The van der Waals surface area contributed by atoms with Gasteiger partial charge >= 0.3 is 0 Å². The van der Waals surface area contributed by atoms with E-state index in [0.717, 1.165) is 30.4 Å². The maximum absolute atomic E-state index is 12.9. The Bertz CT molecular complexity index is 296. The second kappa shape index (κ2) is 5.11. The van der Waals surface area contributed by atoms with Crippen LogP contribution in [-0.4, -0.2) is 6.04 Å². The summed E-state index contributed by atoms with van der Waals surface area (Å²) >= 11 is 0. The standard InChI is InChI=1S/C12H18FN/c1-3-4-12(14)8-10-7-11(13)6-5-9(10)2/h5-7,12H,3-4,8,14H2,1-2H3. The molecule has 2 N–H and O–H groups in total. The van der Waals surface area contributed by atoms with Gasteiger partial charge in [0.25, 0.3) is 0 Å². The van der Waals surface area contributed by atoms with Crippen molar-refractivity contribution in [1.82, 2.24) is 0 Å². The molecule has 1 unspecified atom stereocenters. The predicted octanol–water partition coefficient (Wildman–Crippen LogP) is 2.80. The second-order valence-electron chi connectivity index (χ2n) is 3.82. The minimum atomic E-state index is -0.172. The van der Waals surface area contributed by atoms with Crippen molar-refractivity contribution in [3.8, 4) is 0 Å². The van der Waals surface area contributed by atoms with E-state index < -0.39 is 0 Å². The van der Waals surface area contributed by atoms with Crippen LogP contribution in [0.25, 0.3) is 0 Å². The Labute approximate surface area is 85.1 Å². The first-order chi connectivity index (χ1) is 6.63. The van der Waals surface area contributed by atoms with E-state index in [1.807, 2.05) is 13.0 Å². The minimum Gasteiger partial charge on any atom is -0.327 e. The van der Waals surface area contributed by atoms with Crippen molar-refractivity contribution in [1.29, 1.82) is 0 Å². The number of aryl methyl sites for hydroxylation is 1. The number of halogens is 1. The third kappa shape index (κ3) is 3.11. The van der Waals surface area contributed by atoms with Crippen LogP contribution in [0, 0.1) is 12.7 Å². The van der Waals surface area contributed by atoms with Gasteiger partial charge in [-0.3, -0.25) is 0 Å². The summed E-state index contributed by atoms with van der Waals surface area (Å²) in [5.41, 5.74) is 8.07. The SMILES string of the molecule is CCCC(N)Cc1cc(F)ccc1C. The van der Waals surface area contributed by atoms with Crippen LogP contribution in [0.4, 0.5) is 4.39 Å². The third-order valence-corrected chi connectivity index (χ3v) is 2.45. The molecule has 0 saturated heterocycles. The van der Waals surface area contributed by atoms with Gasteiger partial charge in [-0.15, -0.1) is 0 Å². The van der Waals surface area contributed by atoms with Crippen LogP contribution < -0.4 is 5.73 Å². The molecule has 0 spiro atoms. The maximum atomic E-state index is 12.9. The van der Waals surface area contributed by atoms with Crippen molar-refractivity contribution in [3.05, 3.63) is 35.1 Å². The summed E-state index contributed by atoms with van der Waals surface area (Å²) < 4.78 is 12.9. The molecule has 1 atom stereocenters. The van der Waals surface area contributed by atoms with Crippen molar-refractivity contribution < 1.29 is 4.39 Å². The summed E-state index contributed by atoms with van der Waals surface area (Å²) in [7, 11) is 0. The highest BCUT2D eigenvalue weighted by Crippen LogP contribution is 2.13. The molecule has 1 rings (SSSR count). The van der Waals surface area contributed by atoms with Gasteiger partial charge in [-0.05, 0) is 43.0 Å². The number of rotatable bonds is 4. The molecule has 0 bridgehead atoms. The molecule has 0 aliphatic carbocycles. The fraction of sp³-hybridized carbons (Fsp3) is 0.500. The lowest BCUT2D eigenvalue weighted by molar-refractivity contribution is 0.590. The lowest BCUT2D eigenvalue weighted by Gasteiger charge is -2.12. The number of hydrogen-bond donors (Lipinski definition) is 1. The zero-order valence-corrected chi connectivity index (χ0v) is 8.89. The predicted molar refractivity (Wildman–Crippen MR) is 57.7 cm³/mol. The maximum Gasteiger partial charge on any atom is 0.123 e. The van der Waals surface area contributed by atoms with Gasteiger partial charge < -0.3 is 5.73 Å². The Hall–Kier alpha value is -0.890. The molecule has 0 aliphatic rings. The molecule has 14 heavy (non-hydrogen) atoms. The molecule has 0 heterocycles. The van der Waals surface area contributed by atoms with Crippen molar-refractivity contribution in [2.45, 2.75) is 39.2 Å². The Kier molecular flexibility index (Phi) is 4.08. The summed E-state index contributed by atoms with van der Waals surface area (Å²) in [6, 6.07) is 5.04. The van der Waals surface area contributed by atoms with E-state index in [-0.39, 0.29) is 11.9 Å². The van der Waals surface area contributed by atoms with Crippen LogP contribution in [-0.2, 0) is 6.42 Å². The lowest BCUT2D eigenvalue weighted by Crippen LogP contribution is -2.22. The summed E-state index contributed by atoms with van der Waals surface area (Å²) in [6.07, 6.45) is 2.85. The van der Waals surface area contributed by atoms with Crippen LogP contribution >= 0.6 is 0 Å². The van der Waals surface area contributed by atoms with Gasteiger partial charge in [0.15, 0.2) is 0 Å². The fourth-order valence-corrected chi connectivity index (χ4v) is 1.62. The number of nitrogens with two attached hydrogens (primary N) is 1. The van der Waals surface area contributed by atoms with Gasteiger partial charge in [-0.1, -0.05) is 19.4 Å². The molecule has 0 saturated carbocycles. The molecule has 78 valence electrons. The molecule has 1 aromatic carbocycles. The first-order valence-corrected chi connectivity index (χ1v) is 5.14. The molecule has 1 nitrogen and oxygen atoms in total. The Morgan fingerprint density at radius 3 is 2.79 bits per heavy atom. The summed E-state index contributed by atoms with van der Waals surface area (Å²) in [4.78, 5) is 0. The smallest absolute Gasteiger partial charge is 0.123 e. The molecule has 0 amide bonds. The first-order valence-electron chi connectivity index (χ1n) is 5.14. The Morgan fingerprint density at radius 2 is 2.14 bits per heavy atom. The monoisotopic (exact) mass is 195 g/mol. The molecule has 1 aromatic rings. The van der Waals surface area contributed by atoms with E-state index in [9.17, 15) is 4.39 Å². The fourth-order valence-electron chi connectivity index (χ4n) is 1.62. The van der Waals surface area contributed by atoms with E-state index >= 15 is 0 Å². The molecule has 0 radical (unpaired) electrons. The van der Waals surface area contributed by atoms with Gasteiger partial charge in [-0.2, -0.15) is 0 Å². The zero-order chi connectivity index (χ0) is 10.6. The molecular weight excluding hydrogens is 177 g/mol. The van der Waals surface area contributed by atoms with Gasteiger partial charge in [0.1, 0.15) is 5.82 Å². The molecule has 0 fully saturated rings. The van der Waals surface area contributed by atoms with Crippen LogP contribution in [0.3, 0.4) is 0 Å². The van der Waals surface area contributed by atoms with Crippen LogP contribution in [0.2, 0.25) is 0 Å². The van der Waals surface area contributed by atoms with Gasteiger partial charge in [0, 0.05) is 6.04 Å². The highest BCUT2D eigenvalue weighted by molar-refractivity contribution is 5.27. The molecule has 0 aromatic heterocycles. The quantitative estimate of drug-likeness (QED) is 0.785. The van der Waals surface area contributed by atoms with Gasteiger partial charge in [0.2, 0.25) is 0 Å². The Balaban J connectivity index is 2.70. The van der Waals surface area contributed by atoms with Crippen LogP contribution in [0.1, 0.15) is 30.9 Å². The molecule has 0 aliphatic heterocycles. The highest BCUT2D eigenvalue weighted by Gasteiger charge is 2.06. The largest absolute Gasteiger partial charge is 0.327 e. The van der Waals surface area contributed by atoms with E-state index in [1.165, 1.54) is 6.07 Å². The highest BCUT2D eigenvalue weighted by atomic mass is 19.1. The Morgan fingerprint density at radius 1 is 1.43 bits per heavy atom. The average molecular weight is 195 g/mol. The van der Waals surface area contributed by atoms with E-state index in [1.54, 1.807) is 6.07 Å². The van der Waals surface area contributed by atoms with Crippen LogP contribution in [0.15, 0.2) is 18.2 Å². The normalized spacial score (nSPS) is 12.9. The van der Waals surface area contributed by atoms with Crippen LogP contribution in [0.5, 0.6) is 0 Å². The summed E-state index contributed by atoms with van der Waals surface area (Å²) in [6.45, 7) is 4.10. The minimum absolute atomic E-state index is 0.153. The average Bonchev–Trinajstić information content (AvgIpc) is 2.12. The lowest BCUT2D eigenvalue weighted by atomic mass is 9.99. The first kappa shape index (κ1) is 11.2. The summed E-state index contributed by atoms with van der Waals surface area (Å²) in [5, 5.41) is 0. The van der Waals surface area contributed by atoms with Gasteiger partial charge in [0.05, 0.1) is 0 Å². The van der Waals surface area contributed by atoms with Crippen molar-refractivity contribution >= 4 is 0 Å². The van der Waals surface area contributed by atoms with Crippen molar-refractivity contribution in [2.75, 3.05) is 0 Å². The summed E-state index contributed by atoms with van der Waals surface area (Å²) in [5.74, 6) is -0.172. The number of hydrogen-bond acceptors (Lipinski definition) is 1. The third-order valence-electron chi connectivity index (χ3n) is 2.45. The van der Waals surface area contributed by atoms with E-state index in [4.69, 9.17) is 5.73 Å². The van der Waals surface area contributed by atoms with Gasteiger partial charge in [-0.25, -0.2) is 4.39 Å². The van der Waals surface area contributed by atoms with E-state index in [2.05, 4.69) is 6.92 Å². The molecule has 2 heteroatoms. The topological polar surface area (TPSA) is 26.0 Å². The van der Waals surface area contributed by atoms with Crippen molar-refractivity contribution in [2.24, 2.45) is 5.73 Å². The number of benzene rings is 1. The molecular formula is C12H18FN. The van der Waals surface area contributed by atoms with E-state index in [0.29, 0.717) is 0 Å².